The van der Waals surface area contributed by atoms with Crippen LogP contribution < -0.4 is 15.2 Å². The van der Waals surface area contributed by atoms with Crippen molar-refractivity contribution in [3.8, 4) is 6.01 Å². The van der Waals surface area contributed by atoms with Gasteiger partial charge in [-0.05, 0) is 18.6 Å². The maximum absolute atomic E-state index is 13.1. The molecule has 1 aromatic carbocycles. The number of aryl methyl sites for hydroxylation is 1. The van der Waals surface area contributed by atoms with Gasteiger partial charge in [0, 0.05) is 31.4 Å². The van der Waals surface area contributed by atoms with E-state index in [0.29, 0.717) is 31.6 Å². The smallest absolute Gasteiger partial charge is 0.416 e. The molecular formula is C18H14F3N5O4S. The van der Waals surface area contributed by atoms with Gasteiger partial charge in [-0.3, -0.25) is 14.9 Å². The third kappa shape index (κ3) is 4.26. The molecule has 1 saturated heterocycles. The summed E-state index contributed by atoms with van der Waals surface area (Å²) < 4.78 is 44.8. The third-order valence-electron chi connectivity index (χ3n) is 4.66. The number of ether oxygens (including phenoxy) is 1. The van der Waals surface area contributed by atoms with E-state index in [1.54, 1.807) is 17.3 Å². The highest BCUT2D eigenvalue weighted by atomic mass is 32.1. The molecular weight excluding hydrogens is 439 g/mol. The summed E-state index contributed by atoms with van der Waals surface area (Å²) in [5, 5.41) is 11.1. The van der Waals surface area contributed by atoms with Crippen LogP contribution in [0.4, 0.5) is 24.0 Å². The fraction of sp³-hybridized carbons (Fsp3) is 0.333. The molecule has 1 aliphatic heterocycles. The molecule has 3 aromatic rings. The summed E-state index contributed by atoms with van der Waals surface area (Å²) in [5.41, 5.74) is -2.13. The molecule has 0 saturated carbocycles. The number of alkyl halides is 3. The molecule has 4 rings (SSSR count). The Kier molecular flexibility index (Phi) is 5.21. The zero-order valence-electron chi connectivity index (χ0n) is 15.9. The minimum atomic E-state index is -4.83. The monoisotopic (exact) mass is 453 g/mol. The number of aromatic nitrogens is 3. The zero-order valence-corrected chi connectivity index (χ0v) is 16.7. The van der Waals surface area contributed by atoms with Gasteiger partial charge in [0.05, 0.1) is 22.4 Å². The Morgan fingerprint density at radius 2 is 2.00 bits per heavy atom. The molecule has 0 spiro atoms. The van der Waals surface area contributed by atoms with Crippen LogP contribution in [-0.4, -0.2) is 39.1 Å². The average molecular weight is 453 g/mol. The maximum atomic E-state index is 13.1. The second kappa shape index (κ2) is 7.72. The fourth-order valence-corrected chi connectivity index (χ4v) is 4.26. The second-order valence-corrected chi connectivity index (χ2v) is 7.92. The molecule has 0 N–H and O–H groups in total. The van der Waals surface area contributed by atoms with Crippen LogP contribution in [0.25, 0.3) is 10.1 Å². The topological polar surface area (TPSA) is 111 Å². The average Bonchev–Trinajstić information content (AvgIpc) is 3.16. The fourth-order valence-electron chi connectivity index (χ4n) is 3.16. The Hall–Kier alpha value is -3.35. The highest BCUT2D eigenvalue weighted by molar-refractivity contribution is 7.22. The van der Waals surface area contributed by atoms with Crippen molar-refractivity contribution in [2.45, 2.75) is 25.6 Å². The van der Waals surface area contributed by atoms with Gasteiger partial charge in [0.1, 0.15) is 10.8 Å². The first kappa shape index (κ1) is 20.9. The predicted molar refractivity (Wildman–Crippen MR) is 106 cm³/mol. The molecule has 31 heavy (non-hydrogen) atoms. The summed E-state index contributed by atoms with van der Waals surface area (Å²) in [5.74, 6) is 0. The van der Waals surface area contributed by atoms with Crippen LogP contribution in [0.5, 0.6) is 6.01 Å². The Labute approximate surface area is 176 Å². The number of non-ortho nitro benzene ring substituents is 1. The lowest BCUT2D eigenvalue weighted by Gasteiger charge is -2.17. The first-order valence-corrected chi connectivity index (χ1v) is 9.84. The van der Waals surface area contributed by atoms with E-state index in [1.165, 1.54) is 0 Å². The largest absolute Gasteiger partial charge is 0.458 e. The van der Waals surface area contributed by atoms with Gasteiger partial charge in [-0.1, -0.05) is 11.3 Å². The zero-order chi connectivity index (χ0) is 22.3. The van der Waals surface area contributed by atoms with Gasteiger partial charge in [-0.15, -0.1) is 0 Å². The lowest BCUT2D eigenvalue weighted by Crippen LogP contribution is -2.26. The van der Waals surface area contributed by atoms with Crippen LogP contribution in [0.2, 0.25) is 0 Å². The SMILES string of the molecule is Cc1cnc(O[C@@H]2CCN(c3nc(=O)c4cc(C(F)(F)F)cc([N+](=O)[O-])c4s3)C2)nc1. The molecule has 2 aromatic heterocycles. The van der Waals surface area contributed by atoms with Gasteiger partial charge in [-0.25, -0.2) is 9.97 Å². The number of anilines is 1. The summed E-state index contributed by atoms with van der Waals surface area (Å²) in [6.45, 7) is 2.60. The summed E-state index contributed by atoms with van der Waals surface area (Å²) in [6, 6.07) is 1.24. The Morgan fingerprint density at radius 1 is 1.29 bits per heavy atom. The first-order chi connectivity index (χ1) is 14.6. The number of fused-ring (bicyclic) bond motifs is 1. The Bertz CT molecular complexity index is 1220. The van der Waals surface area contributed by atoms with Crippen molar-refractivity contribution in [3.05, 3.63) is 56.1 Å². The molecule has 0 amide bonds. The van der Waals surface area contributed by atoms with Gasteiger partial charge in [0.25, 0.3) is 11.2 Å². The van der Waals surface area contributed by atoms with Crippen molar-refractivity contribution in [3.63, 3.8) is 0 Å². The molecule has 0 bridgehead atoms. The summed E-state index contributed by atoms with van der Waals surface area (Å²) in [7, 11) is 0. The molecule has 162 valence electrons. The minimum Gasteiger partial charge on any atom is -0.458 e. The second-order valence-electron chi connectivity index (χ2n) is 6.95. The predicted octanol–water partition coefficient (Wildman–Crippen LogP) is 3.34. The van der Waals surface area contributed by atoms with Gasteiger partial charge in [-0.2, -0.15) is 18.2 Å². The van der Waals surface area contributed by atoms with E-state index in [0.717, 1.165) is 16.9 Å². The van der Waals surface area contributed by atoms with Crippen molar-refractivity contribution < 1.29 is 22.8 Å². The van der Waals surface area contributed by atoms with E-state index in [2.05, 4.69) is 15.0 Å². The van der Waals surface area contributed by atoms with Crippen molar-refractivity contribution in [1.29, 1.82) is 0 Å². The summed E-state index contributed by atoms with van der Waals surface area (Å²) in [4.78, 5) is 36.6. The van der Waals surface area contributed by atoms with Gasteiger partial charge in [0.15, 0.2) is 5.13 Å². The molecule has 1 aliphatic rings. The highest BCUT2D eigenvalue weighted by Crippen LogP contribution is 2.38. The number of nitro groups is 1. The number of hydrogen-bond donors (Lipinski definition) is 0. The van der Waals surface area contributed by atoms with E-state index in [-0.39, 0.29) is 21.9 Å². The van der Waals surface area contributed by atoms with E-state index < -0.39 is 33.3 Å². The lowest BCUT2D eigenvalue weighted by molar-refractivity contribution is -0.383. The number of halogens is 3. The lowest BCUT2D eigenvalue weighted by atomic mass is 10.1. The van der Waals surface area contributed by atoms with Crippen LogP contribution >= 0.6 is 11.3 Å². The molecule has 3 heterocycles. The van der Waals surface area contributed by atoms with Crippen LogP contribution in [0, 0.1) is 17.0 Å². The quantitative estimate of drug-likeness (QED) is 0.437. The number of rotatable bonds is 4. The van der Waals surface area contributed by atoms with Crippen LogP contribution in [-0.2, 0) is 6.18 Å². The van der Waals surface area contributed by atoms with Crippen LogP contribution in [0.1, 0.15) is 17.5 Å². The number of nitro benzene ring substituents is 1. The molecule has 1 fully saturated rings. The normalized spacial score (nSPS) is 16.6. The molecule has 9 nitrogen and oxygen atoms in total. The van der Waals surface area contributed by atoms with Gasteiger partial charge >= 0.3 is 12.2 Å². The minimum absolute atomic E-state index is 0.153. The van der Waals surface area contributed by atoms with Crippen LogP contribution in [0.3, 0.4) is 0 Å². The van der Waals surface area contributed by atoms with Crippen molar-refractivity contribution >= 4 is 32.2 Å². The molecule has 13 heteroatoms. The highest BCUT2D eigenvalue weighted by Gasteiger charge is 2.35. The van der Waals surface area contributed by atoms with Gasteiger partial charge in [0.2, 0.25) is 0 Å². The summed E-state index contributed by atoms with van der Waals surface area (Å²) >= 11 is 0.802. The van der Waals surface area contributed by atoms with E-state index in [9.17, 15) is 28.1 Å². The number of hydrogen-bond acceptors (Lipinski definition) is 9. The number of nitrogens with zero attached hydrogens (tertiary/aromatic N) is 5. The Balaban J connectivity index is 1.66. The van der Waals surface area contributed by atoms with Gasteiger partial charge < -0.3 is 9.64 Å². The van der Waals surface area contributed by atoms with E-state index in [1.807, 2.05) is 6.92 Å². The Morgan fingerprint density at radius 3 is 2.65 bits per heavy atom. The van der Waals surface area contributed by atoms with E-state index in [4.69, 9.17) is 4.74 Å². The molecule has 0 aliphatic carbocycles. The summed E-state index contributed by atoms with van der Waals surface area (Å²) in [6.07, 6.45) is -1.34. The molecule has 1 atom stereocenters. The van der Waals surface area contributed by atoms with E-state index >= 15 is 0 Å². The number of benzene rings is 1. The van der Waals surface area contributed by atoms with Crippen molar-refractivity contribution in [1.82, 2.24) is 15.0 Å². The maximum Gasteiger partial charge on any atom is 0.416 e. The molecule has 0 unspecified atom stereocenters. The van der Waals surface area contributed by atoms with Crippen molar-refractivity contribution in [2.75, 3.05) is 18.0 Å². The standard InChI is InChI=1S/C18H14F3N5O4S/c1-9-6-22-16(23-7-9)30-11-2-3-25(8-11)17-24-15(27)12-4-10(18(19,20)21)5-13(26(28)29)14(12)31-17/h4-7,11H,2-3,8H2,1H3/t11-/m1/s1. The van der Waals surface area contributed by atoms with Crippen molar-refractivity contribution in [2.24, 2.45) is 0 Å². The first-order valence-electron chi connectivity index (χ1n) is 9.02. The third-order valence-corrected chi connectivity index (χ3v) is 5.82. The molecule has 0 radical (unpaired) electrons. The van der Waals surface area contributed by atoms with Crippen LogP contribution in [0.15, 0.2) is 29.3 Å².